The first-order valence-corrected chi connectivity index (χ1v) is 7.19. The number of rotatable bonds is 3. The molecule has 0 bridgehead atoms. The maximum Gasteiger partial charge on any atom is 0.177 e. The van der Waals surface area contributed by atoms with Gasteiger partial charge in [-0.05, 0) is 52.2 Å². The second-order valence-corrected chi connectivity index (χ2v) is 6.68. The maximum atomic E-state index is 12.9. The Morgan fingerprint density at radius 1 is 1.44 bits per heavy atom. The molecule has 1 nitrogen and oxygen atoms in total. The van der Waals surface area contributed by atoms with Crippen LogP contribution < -0.4 is 0 Å². The van der Waals surface area contributed by atoms with Crippen molar-refractivity contribution in [3.05, 3.63) is 54.9 Å². The molecule has 0 atom stereocenters. The van der Waals surface area contributed by atoms with Crippen LogP contribution in [0.4, 0.5) is 4.39 Å². The summed E-state index contributed by atoms with van der Waals surface area (Å²) in [6, 6.07) is 5.92. The maximum absolute atomic E-state index is 12.9. The second kappa shape index (κ2) is 5.51. The monoisotopic (exact) mass is 346 g/mol. The van der Waals surface area contributed by atoms with Crippen molar-refractivity contribution in [3.63, 3.8) is 0 Å². The number of hydrogen-bond donors (Lipinski definition) is 0. The zero-order valence-corrected chi connectivity index (χ0v) is 12.6. The summed E-state index contributed by atoms with van der Waals surface area (Å²) >= 11 is 10.7. The van der Waals surface area contributed by atoms with Crippen molar-refractivity contribution in [1.82, 2.24) is 0 Å². The van der Waals surface area contributed by atoms with E-state index in [0.717, 1.165) is 9.35 Å². The Morgan fingerprint density at radius 2 is 2.17 bits per heavy atom. The SMILES string of the molecule is Cc1cc(C(=O)Cc2ccc(F)cc2Cl)sc1Br. The molecule has 0 aliphatic rings. The highest BCUT2D eigenvalue weighted by molar-refractivity contribution is 9.11. The lowest BCUT2D eigenvalue weighted by atomic mass is 10.1. The van der Waals surface area contributed by atoms with Gasteiger partial charge in [-0.3, -0.25) is 4.79 Å². The minimum Gasteiger partial charge on any atom is -0.293 e. The molecular weight excluding hydrogens is 339 g/mol. The number of carbonyl (C=O) groups excluding carboxylic acids is 1. The molecule has 0 unspecified atom stereocenters. The number of carbonyl (C=O) groups is 1. The van der Waals surface area contributed by atoms with Gasteiger partial charge in [0.15, 0.2) is 5.78 Å². The van der Waals surface area contributed by atoms with Crippen LogP contribution in [0.1, 0.15) is 20.8 Å². The Kier molecular flexibility index (Phi) is 4.20. The molecule has 0 spiro atoms. The average Bonchev–Trinajstić information content (AvgIpc) is 2.63. The van der Waals surface area contributed by atoms with Crippen LogP contribution in [0.2, 0.25) is 5.02 Å². The molecule has 2 aromatic rings. The lowest BCUT2D eigenvalue weighted by molar-refractivity contribution is 0.0996. The molecular formula is C13H9BrClFOS. The number of hydrogen-bond acceptors (Lipinski definition) is 2. The third-order valence-corrected chi connectivity index (χ3v) is 5.03. The summed E-state index contributed by atoms with van der Waals surface area (Å²) in [6.45, 7) is 1.93. The molecule has 1 aromatic heterocycles. The fourth-order valence-corrected chi connectivity index (χ4v) is 3.23. The Bertz CT molecular complexity index is 590. The molecule has 0 aliphatic heterocycles. The first-order chi connectivity index (χ1) is 8.47. The van der Waals surface area contributed by atoms with Crippen LogP contribution in [-0.4, -0.2) is 5.78 Å². The van der Waals surface area contributed by atoms with Crippen LogP contribution in [0, 0.1) is 12.7 Å². The van der Waals surface area contributed by atoms with Crippen LogP contribution >= 0.6 is 38.9 Å². The van der Waals surface area contributed by atoms with E-state index in [1.54, 1.807) is 6.07 Å². The number of aryl methyl sites for hydroxylation is 1. The van der Waals surface area contributed by atoms with Crippen LogP contribution in [0.15, 0.2) is 28.1 Å². The minimum atomic E-state index is -0.397. The molecule has 5 heteroatoms. The van der Waals surface area contributed by atoms with E-state index in [1.807, 2.05) is 13.0 Å². The van der Waals surface area contributed by atoms with Gasteiger partial charge in [0.1, 0.15) is 5.82 Å². The zero-order chi connectivity index (χ0) is 13.3. The van der Waals surface area contributed by atoms with Crippen molar-refractivity contribution in [2.75, 3.05) is 0 Å². The van der Waals surface area contributed by atoms with Gasteiger partial charge in [-0.2, -0.15) is 0 Å². The molecule has 0 amide bonds. The Hall–Kier alpha value is -0.710. The summed E-state index contributed by atoms with van der Waals surface area (Å²) in [4.78, 5) is 12.7. The van der Waals surface area contributed by atoms with Gasteiger partial charge in [-0.1, -0.05) is 17.7 Å². The molecule has 94 valence electrons. The Labute approximate surface area is 122 Å². The fourth-order valence-electron chi connectivity index (χ4n) is 1.52. The number of benzene rings is 1. The van der Waals surface area contributed by atoms with Crippen LogP contribution in [0.5, 0.6) is 0 Å². The van der Waals surface area contributed by atoms with Crippen LogP contribution in [0.25, 0.3) is 0 Å². The smallest absolute Gasteiger partial charge is 0.177 e. The van der Waals surface area contributed by atoms with E-state index < -0.39 is 5.82 Å². The lowest BCUT2D eigenvalue weighted by Crippen LogP contribution is -2.02. The highest BCUT2D eigenvalue weighted by Crippen LogP contribution is 2.29. The van der Waals surface area contributed by atoms with Crippen LogP contribution in [0.3, 0.4) is 0 Å². The summed E-state index contributed by atoms with van der Waals surface area (Å²) in [5.74, 6) is -0.409. The summed E-state index contributed by atoms with van der Waals surface area (Å²) in [5.41, 5.74) is 1.68. The van der Waals surface area contributed by atoms with Gasteiger partial charge in [0, 0.05) is 11.4 Å². The minimum absolute atomic E-state index is 0.0118. The predicted octanol–water partition coefficient (Wildman–Crippen LogP) is 5.04. The average molecular weight is 348 g/mol. The third-order valence-electron chi connectivity index (χ3n) is 2.50. The van der Waals surface area contributed by atoms with Crippen molar-refractivity contribution in [2.45, 2.75) is 13.3 Å². The van der Waals surface area contributed by atoms with Crippen molar-refractivity contribution >= 4 is 44.7 Å². The van der Waals surface area contributed by atoms with E-state index in [9.17, 15) is 9.18 Å². The van der Waals surface area contributed by atoms with E-state index in [2.05, 4.69) is 15.9 Å². The van der Waals surface area contributed by atoms with Gasteiger partial charge < -0.3 is 0 Å². The lowest BCUT2D eigenvalue weighted by Gasteiger charge is -2.02. The van der Waals surface area contributed by atoms with Gasteiger partial charge in [-0.15, -0.1) is 11.3 Å². The Morgan fingerprint density at radius 3 is 2.72 bits per heavy atom. The second-order valence-electron chi connectivity index (χ2n) is 3.90. The number of Topliss-reactive ketones (excluding diaryl/α,β-unsaturated/α-hetero) is 1. The quantitative estimate of drug-likeness (QED) is 0.711. The van der Waals surface area contributed by atoms with Crippen molar-refractivity contribution in [1.29, 1.82) is 0 Å². The summed E-state index contributed by atoms with van der Waals surface area (Å²) in [5, 5.41) is 0.288. The highest BCUT2D eigenvalue weighted by atomic mass is 79.9. The molecule has 1 aromatic carbocycles. The van der Waals surface area contributed by atoms with Gasteiger partial charge in [0.2, 0.25) is 0 Å². The van der Waals surface area contributed by atoms with Crippen molar-refractivity contribution < 1.29 is 9.18 Å². The molecule has 1 heterocycles. The first kappa shape index (κ1) is 13.7. The molecule has 0 radical (unpaired) electrons. The fraction of sp³-hybridized carbons (Fsp3) is 0.154. The summed E-state index contributed by atoms with van der Waals surface area (Å²) in [6.07, 6.45) is 0.186. The van der Waals surface area contributed by atoms with Gasteiger partial charge in [0.25, 0.3) is 0 Å². The predicted molar refractivity (Wildman–Crippen MR) is 76.2 cm³/mol. The number of thiophene rings is 1. The Balaban J connectivity index is 2.21. The number of ketones is 1. The van der Waals surface area contributed by atoms with E-state index in [-0.39, 0.29) is 17.2 Å². The molecule has 0 aliphatic carbocycles. The standard InChI is InChI=1S/C13H9BrClFOS/c1-7-4-12(18-13(7)14)11(17)5-8-2-3-9(16)6-10(8)15/h2-4,6H,5H2,1H3. The molecule has 0 saturated carbocycles. The summed E-state index contributed by atoms with van der Waals surface area (Å²) in [7, 11) is 0. The molecule has 0 fully saturated rings. The van der Waals surface area contributed by atoms with Crippen molar-refractivity contribution in [3.8, 4) is 0 Å². The normalized spacial score (nSPS) is 10.7. The van der Waals surface area contributed by atoms with Gasteiger partial charge >= 0.3 is 0 Å². The zero-order valence-electron chi connectivity index (χ0n) is 9.47. The first-order valence-electron chi connectivity index (χ1n) is 5.20. The van der Waals surface area contributed by atoms with Gasteiger partial charge in [-0.25, -0.2) is 4.39 Å². The van der Waals surface area contributed by atoms with Crippen molar-refractivity contribution in [2.24, 2.45) is 0 Å². The topological polar surface area (TPSA) is 17.1 Å². The van der Waals surface area contributed by atoms with E-state index >= 15 is 0 Å². The highest BCUT2D eigenvalue weighted by Gasteiger charge is 2.13. The molecule has 0 saturated heterocycles. The summed E-state index contributed by atoms with van der Waals surface area (Å²) < 4.78 is 13.8. The van der Waals surface area contributed by atoms with Gasteiger partial charge in [0.05, 0.1) is 8.66 Å². The van der Waals surface area contributed by atoms with E-state index in [4.69, 9.17) is 11.6 Å². The molecule has 18 heavy (non-hydrogen) atoms. The largest absolute Gasteiger partial charge is 0.293 e. The molecule has 0 N–H and O–H groups in total. The number of halogens is 3. The third kappa shape index (κ3) is 2.99. The van der Waals surface area contributed by atoms with Crippen LogP contribution in [-0.2, 0) is 6.42 Å². The molecule has 2 rings (SSSR count). The van der Waals surface area contributed by atoms with E-state index in [1.165, 1.54) is 23.5 Å². The van der Waals surface area contributed by atoms with E-state index in [0.29, 0.717) is 10.4 Å².